The van der Waals surface area contributed by atoms with Crippen LogP contribution in [0.25, 0.3) is 0 Å². The molecule has 0 fully saturated rings. The summed E-state index contributed by atoms with van der Waals surface area (Å²) < 4.78 is 4.99. The summed E-state index contributed by atoms with van der Waals surface area (Å²) in [6.07, 6.45) is 3.18. The SMILES string of the molecule is [B]c1cncc(C(C)(C)C(=O)OCC)c1. The first-order chi connectivity index (χ1) is 6.98. The highest BCUT2D eigenvalue weighted by Crippen LogP contribution is 2.23. The first-order valence-electron chi connectivity index (χ1n) is 4.86. The van der Waals surface area contributed by atoms with E-state index in [1.165, 1.54) is 0 Å². The number of hydrogen-bond donors (Lipinski definition) is 0. The minimum absolute atomic E-state index is 0.266. The molecule has 3 nitrogen and oxygen atoms in total. The lowest BCUT2D eigenvalue weighted by atomic mass is 9.83. The van der Waals surface area contributed by atoms with E-state index in [-0.39, 0.29) is 5.97 Å². The van der Waals surface area contributed by atoms with E-state index in [0.717, 1.165) is 5.56 Å². The van der Waals surface area contributed by atoms with Crippen LogP contribution in [0.4, 0.5) is 0 Å². The van der Waals surface area contributed by atoms with Crippen molar-refractivity contribution in [2.45, 2.75) is 26.2 Å². The number of esters is 1. The molecule has 0 unspecified atom stereocenters. The third kappa shape index (κ3) is 2.58. The van der Waals surface area contributed by atoms with Crippen molar-refractivity contribution in [1.29, 1.82) is 0 Å². The quantitative estimate of drug-likeness (QED) is 0.536. The van der Waals surface area contributed by atoms with E-state index < -0.39 is 5.41 Å². The molecule has 0 aliphatic rings. The molecular formula is C11H14BNO2. The van der Waals surface area contributed by atoms with Gasteiger partial charge in [-0.25, -0.2) is 0 Å². The predicted molar refractivity (Wildman–Crippen MR) is 59.3 cm³/mol. The van der Waals surface area contributed by atoms with Gasteiger partial charge in [0.15, 0.2) is 0 Å². The normalized spacial score (nSPS) is 11.1. The molecule has 2 radical (unpaired) electrons. The van der Waals surface area contributed by atoms with E-state index >= 15 is 0 Å². The zero-order valence-electron chi connectivity index (χ0n) is 9.28. The number of carbonyl (C=O) groups excluding carboxylic acids is 1. The van der Waals surface area contributed by atoms with Gasteiger partial charge in [0.2, 0.25) is 0 Å². The molecule has 0 aliphatic heterocycles. The second-order valence-corrected chi connectivity index (χ2v) is 3.85. The summed E-state index contributed by atoms with van der Waals surface area (Å²) >= 11 is 0. The molecule has 1 rings (SSSR count). The summed E-state index contributed by atoms with van der Waals surface area (Å²) in [5.74, 6) is -0.266. The van der Waals surface area contributed by atoms with Crippen LogP contribution in [0.15, 0.2) is 18.5 Å². The highest BCUT2D eigenvalue weighted by Gasteiger charge is 2.31. The number of pyridine rings is 1. The fourth-order valence-electron chi connectivity index (χ4n) is 1.23. The standard InChI is InChI=1S/C11H14BNO2/c1-4-15-10(14)11(2,3)8-5-9(12)7-13-6-8/h5-7H,4H2,1-3H3. The Labute approximate surface area is 91.3 Å². The van der Waals surface area contributed by atoms with E-state index in [9.17, 15) is 4.79 Å². The van der Waals surface area contributed by atoms with Gasteiger partial charge in [-0.15, -0.1) is 0 Å². The van der Waals surface area contributed by atoms with Gasteiger partial charge in [-0.05, 0) is 26.3 Å². The number of rotatable bonds is 3. The van der Waals surface area contributed by atoms with Gasteiger partial charge in [0.1, 0.15) is 7.85 Å². The largest absolute Gasteiger partial charge is 0.465 e. The van der Waals surface area contributed by atoms with E-state index in [0.29, 0.717) is 12.1 Å². The maximum Gasteiger partial charge on any atom is 0.316 e. The number of nitrogens with zero attached hydrogens (tertiary/aromatic N) is 1. The van der Waals surface area contributed by atoms with Crippen LogP contribution in [-0.2, 0) is 14.9 Å². The van der Waals surface area contributed by atoms with Crippen molar-refractivity contribution in [1.82, 2.24) is 4.98 Å². The van der Waals surface area contributed by atoms with Gasteiger partial charge >= 0.3 is 5.97 Å². The van der Waals surface area contributed by atoms with Crippen LogP contribution in [0.2, 0.25) is 0 Å². The van der Waals surface area contributed by atoms with Crippen molar-refractivity contribution >= 4 is 19.3 Å². The fourth-order valence-corrected chi connectivity index (χ4v) is 1.23. The maximum absolute atomic E-state index is 11.7. The highest BCUT2D eigenvalue weighted by atomic mass is 16.5. The lowest BCUT2D eigenvalue weighted by molar-refractivity contribution is -0.148. The molecule has 0 N–H and O–H groups in total. The number of carbonyl (C=O) groups is 1. The van der Waals surface area contributed by atoms with Gasteiger partial charge in [-0.2, -0.15) is 0 Å². The second-order valence-electron chi connectivity index (χ2n) is 3.85. The Morgan fingerprint density at radius 3 is 2.73 bits per heavy atom. The van der Waals surface area contributed by atoms with Crippen LogP contribution >= 0.6 is 0 Å². The van der Waals surface area contributed by atoms with Crippen LogP contribution in [0.5, 0.6) is 0 Å². The van der Waals surface area contributed by atoms with E-state index in [1.807, 2.05) is 0 Å². The van der Waals surface area contributed by atoms with Crippen molar-refractivity contribution in [3.63, 3.8) is 0 Å². The molecule has 0 aliphatic carbocycles. The van der Waals surface area contributed by atoms with E-state index in [1.54, 1.807) is 39.2 Å². The molecule has 1 aromatic rings. The molecule has 0 aromatic carbocycles. The van der Waals surface area contributed by atoms with Crippen molar-refractivity contribution in [3.8, 4) is 0 Å². The maximum atomic E-state index is 11.7. The van der Waals surface area contributed by atoms with Gasteiger partial charge in [0.25, 0.3) is 0 Å². The van der Waals surface area contributed by atoms with Gasteiger partial charge in [-0.3, -0.25) is 9.78 Å². The molecule has 0 saturated carbocycles. The molecule has 4 heteroatoms. The summed E-state index contributed by atoms with van der Waals surface area (Å²) in [7, 11) is 5.61. The third-order valence-corrected chi connectivity index (χ3v) is 2.27. The average Bonchev–Trinajstić information content (AvgIpc) is 2.18. The zero-order valence-corrected chi connectivity index (χ0v) is 9.28. The van der Waals surface area contributed by atoms with Crippen LogP contribution < -0.4 is 5.46 Å². The second kappa shape index (κ2) is 4.47. The van der Waals surface area contributed by atoms with Crippen LogP contribution in [0.1, 0.15) is 26.3 Å². The first-order valence-corrected chi connectivity index (χ1v) is 4.86. The van der Waals surface area contributed by atoms with Crippen LogP contribution in [-0.4, -0.2) is 25.4 Å². The number of aromatic nitrogens is 1. The van der Waals surface area contributed by atoms with E-state index in [2.05, 4.69) is 4.98 Å². The first kappa shape index (κ1) is 11.8. The molecular weight excluding hydrogens is 189 g/mol. The highest BCUT2D eigenvalue weighted by molar-refractivity contribution is 6.32. The topological polar surface area (TPSA) is 39.2 Å². The molecule has 78 valence electrons. The fraction of sp³-hybridized carbons (Fsp3) is 0.455. The Morgan fingerprint density at radius 2 is 2.20 bits per heavy atom. The number of ether oxygens (including phenoxy) is 1. The molecule has 0 bridgehead atoms. The summed E-state index contributed by atoms with van der Waals surface area (Å²) in [5.41, 5.74) is 0.601. The lowest BCUT2D eigenvalue weighted by Gasteiger charge is -2.22. The molecule has 1 aromatic heterocycles. The summed E-state index contributed by atoms with van der Waals surface area (Å²) in [5, 5.41) is 0. The van der Waals surface area contributed by atoms with Crippen molar-refractivity contribution in [2.24, 2.45) is 0 Å². The van der Waals surface area contributed by atoms with Crippen molar-refractivity contribution in [2.75, 3.05) is 6.61 Å². The van der Waals surface area contributed by atoms with Gasteiger partial charge < -0.3 is 4.74 Å². The summed E-state index contributed by atoms with van der Waals surface area (Å²) in [6, 6.07) is 1.74. The Balaban J connectivity index is 2.99. The van der Waals surface area contributed by atoms with Gasteiger partial charge in [0.05, 0.1) is 12.0 Å². The van der Waals surface area contributed by atoms with Gasteiger partial charge in [0, 0.05) is 12.4 Å². The predicted octanol–water partition coefficient (Wildman–Crippen LogP) is 0.716. The Kier molecular flexibility index (Phi) is 3.50. The van der Waals surface area contributed by atoms with Crippen LogP contribution in [0.3, 0.4) is 0 Å². The Morgan fingerprint density at radius 1 is 1.53 bits per heavy atom. The smallest absolute Gasteiger partial charge is 0.316 e. The summed E-state index contributed by atoms with van der Waals surface area (Å²) in [6.45, 7) is 5.74. The average molecular weight is 203 g/mol. The lowest BCUT2D eigenvalue weighted by Crippen LogP contribution is -2.32. The monoisotopic (exact) mass is 203 g/mol. The molecule has 1 heterocycles. The zero-order chi connectivity index (χ0) is 11.5. The van der Waals surface area contributed by atoms with Crippen LogP contribution in [0, 0.1) is 0 Å². The minimum atomic E-state index is -0.710. The molecule has 0 atom stereocenters. The van der Waals surface area contributed by atoms with Crippen molar-refractivity contribution < 1.29 is 9.53 Å². The minimum Gasteiger partial charge on any atom is -0.465 e. The Bertz CT molecular complexity index is 363. The molecule has 0 spiro atoms. The third-order valence-electron chi connectivity index (χ3n) is 2.27. The summed E-state index contributed by atoms with van der Waals surface area (Å²) in [4.78, 5) is 15.6. The van der Waals surface area contributed by atoms with Gasteiger partial charge in [-0.1, -0.05) is 11.5 Å². The molecule has 0 saturated heterocycles. The van der Waals surface area contributed by atoms with E-state index in [4.69, 9.17) is 12.6 Å². The molecule has 15 heavy (non-hydrogen) atoms. The Hall–Kier alpha value is -1.32. The van der Waals surface area contributed by atoms with Crippen molar-refractivity contribution in [3.05, 3.63) is 24.0 Å². The molecule has 0 amide bonds. The number of hydrogen-bond acceptors (Lipinski definition) is 3.